The molecule has 0 aromatic heterocycles. The number of amides is 1. The highest BCUT2D eigenvalue weighted by Crippen LogP contribution is 2.33. The van der Waals surface area contributed by atoms with Crippen molar-refractivity contribution in [2.24, 2.45) is 5.92 Å². The molecule has 3 rings (SSSR count). The molecule has 0 N–H and O–H groups in total. The molecule has 1 heterocycles. The van der Waals surface area contributed by atoms with Gasteiger partial charge < -0.3 is 14.4 Å². The van der Waals surface area contributed by atoms with E-state index in [-0.39, 0.29) is 0 Å². The molecule has 0 bridgehead atoms. The van der Waals surface area contributed by atoms with Crippen molar-refractivity contribution in [3.8, 4) is 0 Å². The van der Waals surface area contributed by atoms with Crippen molar-refractivity contribution in [2.45, 2.75) is 76.4 Å². The number of ether oxygens (including phenoxy) is 2. The van der Waals surface area contributed by atoms with E-state index < -0.39 is 0 Å². The van der Waals surface area contributed by atoms with Crippen LogP contribution in [0.5, 0.6) is 0 Å². The van der Waals surface area contributed by atoms with Gasteiger partial charge >= 0.3 is 0 Å². The Morgan fingerprint density at radius 1 is 1.00 bits per heavy atom. The molecule has 0 unspecified atom stereocenters. The van der Waals surface area contributed by atoms with Crippen LogP contribution in [0, 0.1) is 5.92 Å². The lowest BCUT2D eigenvalue weighted by atomic mass is 9.93. The van der Waals surface area contributed by atoms with Gasteiger partial charge in [0.15, 0.2) is 0 Å². The highest BCUT2D eigenvalue weighted by Gasteiger charge is 2.31. The molecular formula is C18H31NO3. The van der Waals surface area contributed by atoms with Crippen LogP contribution < -0.4 is 0 Å². The van der Waals surface area contributed by atoms with Crippen molar-refractivity contribution in [1.29, 1.82) is 0 Å². The molecule has 0 spiro atoms. The fourth-order valence-electron chi connectivity index (χ4n) is 3.72. The first-order chi connectivity index (χ1) is 10.8. The molecule has 0 aromatic rings. The minimum absolute atomic E-state index is 0.299. The summed E-state index contributed by atoms with van der Waals surface area (Å²) in [7, 11) is 0. The van der Waals surface area contributed by atoms with Crippen LogP contribution in [0.4, 0.5) is 0 Å². The van der Waals surface area contributed by atoms with Gasteiger partial charge in [0.1, 0.15) is 0 Å². The van der Waals surface area contributed by atoms with Crippen LogP contribution in [0.2, 0.25) is 0 Å². The number of carbonyl (C=O) groups is 1. The lowest BCUT2D eigenvalue weighted by Gasteiger charge is -2.35. The van der Waals surface area contributed by atoms with Crippen molar-refractivity contribution < 1.29 is 14.3 Å². The number of nitrogens with zero attached hydrogens (tertiary/aromatic N) is 1. The molecule has 126 valence electrons. The predicted octanol–water partition coefficient (Wildman–Crippen LogP) is 3.14. The zero-order valence-corrected chi connectivity index (χ0v) is 13.8. The maximum absolute atomic E-state index is 12.7. The molecule has 2 saturated carbocycles. The lowest BCUT2D eigenvalue weighted by molar-refractivity contribution is -0.136. The number of carbonyl (C=O) groups excluding carboxylic acids is 1. The van der Waals surface area contributed by atoms with Crippen LogP contribution in [-0.4, -0.2) is 49.3 Å². The molecule has 2 aliphatic carbocycles. The van der Waals surface area contributed by atoms with E-state index in [1.165, 1.54) is 44.9 Å². The highest BCUT2D eigenvalue weighted by molar-refractivity contribution is 5.76. The van der Waals surface area contributed by atoms with E-state index in [9.17, 15) is 4.79 Å². The maximum atomic E-state index is 12.7. The Morgan fingerprint density at radius 2 is 1.73 bits per heavy atom. The molecule has 1 amide bonds. The Labute approximate surface area is 134 Å². The van der Waals surface area contributed by atoms with Gasteiger partial charge in [0, 0.05) is 25.8 Å². The lowest BCUT2D eigenvalue weighted by Crippen LogP contribution is -2.43. The summed E-state index contributed by atoms with van der Waals surface area (Å²) < 4.78 is 11.2. The van der Waals surface area contributed by atoms with Gasteiger partial charge in [-0.25, -0.2) is 0 Å². The Kier molecular flexibility index (Phi) is 6.13. The summed E-state index contributed by atoms with van der Waals surface area (Å²) in [6.45, 7) is 3.18. The molecular weight excluding hydrogens is 278 g/mol. The van der Waals surface area contributed by atoms with E-state index >= 15 is 0 Å². The smallest absolute Gasteiger partial charge is 0.225 e. The quantitative estimate of drug-likeness (QED) is 0.725. The third-order valence-corrected chi connectivity index (χ3v) is 5.33. The second-order valence-electron chi connectivity index (χ2n) is 7.21. The monoisotopic (exact) mass is 309 g/mol. The number of hydrogen-bond donors (Lipinski definition) is 0. The van der Waals surface area contributed by atoms with Crippen molar-refractivity contribution in [3.63, 3.8) is 0 Å². The van der Waals surface area contributed by atoms with Gasteiger partial charge in [-0.2, -0.15) is 0 Å². The summed E-state index contributed by atoms with van der Waals surface area (Å²) in [5.74, 6) is 1.10. The first kappa shape index (κ1) is 16.3. The van der Waals surface area contributed by atoms with Gasteiger partial charge in [-0.3, -0.25) is 4.79 Å². The Hall–Kier alpha value is -0.610. The standard InChI is InChI=1S/C18H31NO3/c20-18(10-13-22-17-8-11-21-12-9-17)19(14-15-6-7-15)16-4-2-1-3-5-16/h15-17H,1-14H2. The molecule has 1 aliphatic heterocycles. The summed E-state index contributed by atoms with van der Waals surface area (Å²) in [4.78, 5) is 14.9. The van der Waals surface area contributed by atoms with E-state index in [2.05, 4.69) is 4.90 Å². The second kappa shape index (κ2) is 8.30. The second-order valence-corrected chi connectivity index (χ2v) is 7.21. The average Bonchev–Trinajstić information content (AvgIpc) is 3.38. The Bertz CT molecular complexity index is 344. The van der Waals surface area contributed by atoms with Crippen LogP contribution in [0.15, 0.2) is 0 Å². The summed E-state index contributed by atoms with van der Waals surface area (Å²) in [6, 6.07) is 0.505. The third-order valence-electron chi connectivity index (χ3n) is 5.33. The van der Waals surface area contributed by atoms with E-state index in [1.54, 1.807) is 0 Å². The SMILES string of the molecule is O=C(CCOC1CCOCC1)N(CC1CC1)C1CCCCC1. The summed E-state index contributed by atoms with van der Waals surface area (Å²) >= 11 is 0. The van der Waals surface area contributed by atoms with Gasteiger partial charge in [0.05, 0.1) is 19.1 Å². The normalized spacial score (nSPS) is 24.4. The van der Waals surface area contributed by atoms with E-state index in [4.69, 9.17) is 9.47 Å². The van der Waals surface area contributed by atoms with E-state index in [0.29, 0.717) is 31.1 Å². The molecule has 0 atom stereocenters. The highest BCUT2D eigenvalue weighted by atomic mass is 16.5. The van der Waals surface area contributed by atoms with Crippen LogP contribution in [0.1, 0.15) is 64.2 Å². The predicted molar refractivity (Wildman–Crippen MR) is 85.7 cm³/mol. The molecule has 3 fully saturated rings. The minimum atomic E-state index is 0.299. The van der Waals surface area contributed by atoms with Crippen LogP contribution in [-0.2, 0) is 14.3 Å². The van der Waals surface area contributed by atoms with E-state index in [1.807, 2.05) is 0 Å². The first-order valence-corrected chi connectivity index (χ1v) is 9.32. The first-order valence-electron chi connectivity index (χ1n) is 9.32. The number of rotatable bonds is 7. The minimum Gasteiger partial charge on any atom is -0.381 e. The van der Waals surface area contributed by atoms with Gasteiger partial charge in [-0.05, 0) is 44.4 Å². The molecule has 4 heteroatoms. The molecule has 1 saturated heterocycles. The maximum Gasteiger partial charge on any atom is 0.225 e. The largest absolute Gasteiger partial charge is 0.381 e. The van der Waals surface area contributed by atoms with Crippen LogP contribution >= 0.6 is 0 Å². The summed E-state index contributed by atoms with van der Waals surface area (Å²) in [6.07, 6.45) is 11.8. The third kappa shape index (κ3) is 4.95. The van der Waals surface area contributed by atoms with Crippen LogP contribution in [0.3, 0.4) is 0 Å². The van der Waals surface area contributed by atoms with Gasteiger partial charge in [0.2, 0.25) is 5.91 Å². The molecule has 0 aromatic carbocycles. The molecule has 22 heavy (non-hydrogen) atoms. The molecule has 3 aliphatic rings. The molecule has 0 radical (unpaired) electrons. The summed E-state index contributed by atoms with van der Waals surface area (Å²) in [5, 5.41) is 0. The average molecular weight is 309 g/mol. The topological polar surface area (TPSA) is 38.8 Å². The van der Waals surface area contributed by atoms with Crippen molar-refractivity contribution in [3.05, 3.63) is 0 Å². The van der Waals surface area contributed by atoms with Gasteiger partial charge in [0.25, 0.3) is 0 Å². The summed E-state index contributed by atoms with van der Waals surface area (Å²) in [5.41, 5.74) is 0. The van der Waals surface area contributed by atoms with Gasteiger partial charge in [-0.1, -0.05) is 19.3 Å². The van der Waals surface area contributed by atoms with Crippen molar-refractivity contribution >= 4 is 5.91 Å². The zero-order valence-electron chi connectivity index (χ0n) is 13.8. The molecule has 4 nitrogen and oxygen atoms in total. The van der Waals surface area contributed by atoms with Crippen LogP contribution in [0.25, 0.3) is 0 Å². The zero-order chi connectivity index (χ0) is 15.2. The Morgan fingerprint density at radius 3 is 2.41 bits per heavy atom. The van der Waals surface area contributed by atoms with Crippen molar-refractivity contribution in [2.75, 3.05) is 26.4 Å². The number of hydrogen-bond acceptors (Lipinski definition) is 3. The van der Waals surface area contributed by atoms with E-state index in [0.717, 1.165) is 38.5 Å². The fraction of sp³-hybridized carbons (Fsp3) is 0.944. The van der Waals surface area contributed by atoms with Gasteiger partial charge in [-0.15, -0.1) is 0 Å². The van der Waals surface area contributed by atoms with Crippen molar-refractivity contribution in [1.82, 2.24) is 4.90 Å². The Balaban J connectivity index is 1.43. The fourth-order valence-corrected chi connectivity index (χ4v) is 3.72.